The van der Waals surface area contributed by atoms with E-state index in [9.17, 15) is 4.79 Å². The molecule has 0 bridgehead atoms. The van der Waals surface area contributed by atoms with Gasteiger partial charge in [0.1, 0.15) is 11.5 Å². The van der Waals surface area contributed by atoms with Crippen molar-refractivity contribution in [3.8, 4) is 11.5 Å². The van der Waals surface area contributed by atoms with Crippen LogP contribution in [0, 0.1) is 0 Å². The Morgan fingerprint density at radius 2 is 2.00 bits per heavy atom. The Bertz CT molecular complexity index is 577. The zero-order chi connectivity index (χ0) is 13.1. The molecule has 94 valence electrons. The van der Waals surface area contributed by atoms with Crippen LogP contribution in [-0.4, -0.2) is 20.0 Å². The lowest BCUT2D eigenvalue weighted by Crippen LogP contribution is -1.99. The van der Waals surface area contributed by atoms with E-state index >= 15 is 0 Å². The van der Waals surface area contributed by atoms with Crippen LogP contribution in [-0.2, 0) is 0 Å². The molecule has 18 heavy (non-hydrogen) atoms. The number of methoxy groups -OCH3 is 2. The number of rotatable bonds is 4. The van der Waals surface area contributed by atoms with Crippen molar-refractivity contribution < 1.29 is 14.3 Å². The number of carbonyl (C=O) groups excluding carboxylic acids is 1. The monoisotopic (exact) mass is 282 g/mol. The highest BCUT2D eigenvalue weighted by Gasteiger charge is 2.14. The maximum atomic E-state index is 12.2. The Hall–Kier alpha value is -1.52. The quantitative estimate of drug-likeness (QED) is 0.803. The Labute approximate surface area is 114 Å². The van der Waals surface area contributed by atoms with Gasteiger partial charge in [0.2, 0.25) is 5.78 Å². The summed E-state index contributed by atoms with van der Waals surface area (Å²) in [6, 6.07) is 6.68. The number of thiophene rings is 1. The minimum atomic E-state index is -0.0710. The van der Waals surface area contributed by atoms with Gasteiger partial charge in [-0.15, -0.1) is 11.3 Å². The normalized spacial score (nSPS) is 10.2. The molecule has 0 aliphatic heterocycles. The molecule has 0 fully saturated rings. The lowest BCUT2D eigenvalue weighted by atomic mass is 10.1. The van der Waals surface area contributed by atoms with E-state index in [-0.39, 0.29) is 5.78 Å². The van der Waals surface area contributed by atoms with Crippen LogP contribution < -0.4 is 9.47 Å². The van der Waals surface area contributed by atoms with E-state index in [4.69, 9.17) is 21.1 Å². The van der Waals surface area contributed by atoms with Crippen molar-refractivity contribution in [2.75, 3.05) is 14.2 Å². The van der Waals surface area contributed by atoms with E-state index in [1.165, 1.54) is 18.4 Å². The van der Waals surface area contributed by atoms with Crippen molar-refractivity contribution in [3.63, 3.8) is 0 Å². The minimum Gasteiger partial charge on any atom is -0.496 e. The molecule has 0 aliphatic carbocycles. The molecule has 2 aromatic rings. The zero-order valence-corrected chi connectivity index (χ0v) is 11.5. The van der Waals surface area contributed by atoms with Gasteiger partial charge in [0.05, 0.1) is 24.1 Å². The van der Waals surface area contributed by atoms with Crippen LogP contribution in [0.2, 0.25) is 5.02 Å². The minimum absolute atomic E-state index is 0.0710. The molecular formula is C13H11ClO3S. The highest BCUT2D eigenvalue weighted by molar-refractivity contribution is 7.12. The van der Waals surface area contributed by atoms with Crippen LogP contribution in [0.3, 0.4) is 0 Å². The lowest BCUT2D eigenvalue weighted by molar-refractivity contribution is 0.104. The van der Waals surface area contributed by atoms with Crippen molar-refractivity contribution in [1.82, 2.24) is 0 Å². The molecule has 0 unspecified atom stereocenters. The van der Waals surface area contributed by atoms with Gasteiger partial charge in [0, 0.05) is 17.0 Å². The highest BCUT2D eigenvalue weighted by Crippen LogP contribution is 2.28. The molecule has 0 atom stereocenters. The summed E-state index contributed by atoms with van der Waals surface area (Å²) in [5, 5.41) is 2.28. The lowest BCUT2D eigenvalue weighted by Gasteiger charge is -2.04. The Balaban J connectivity index is 2.33. The standard InChI is InChI=1S/C13H11ClO3S/c1-16-9-6-12(18-7-9)13(15)8-3-4-10(14)11(5-8)17-2/h3-7H,1-2H3. The average molecular weight is 283 g/mol. The summed E-state index contributed by atoms with van der Waals surface area (Å²) in [6.45, 7) is 0. The molecule has 0 N–H and O–H groups in total. The van der Waals surface area contributed by atoms with Crippen molar-refractivity contribution in [1.29, 1.82) is 0 Å². The van der Waals surface area contributed by atoms with Crippen LogP contribution in [0.25, 0.3) is 0 Å². The number of hydrogen-bond donors (Lipinski definition) is 0. The first-order valence-corrected chi connectivity index (χ1v) is 6.42. The Kier molecular flexibility index (Phi) is 3.89. The second-order valence-corrected chi connectivity index (χ2v) is 4.85. The molecule has 0 radical (unpaired) electrons. The summed E-state index contributed by atoms with van der Waals surface area (Å²) in [7, 11) is 3.09. The van der Waals surface area contributed by atoms with Gasteiger partial charge in [-0.1, -0.05) is 11.6 Å². The summed E-state index contributed by atoms with van der Waals surface area (Å²) < 4.78 is 10.1. The molecule has 3 nitrogen and oxygen atoms in total. The molecule has 0 spiro atoms. The molecule has 1 heterocycles. The molecule has 1 aromatic heterocycles. The first-order chi connectivity index (χ1) is 8.65. The maximum absolute atomic E-state index is 12.2. The first-order valence-electron chi connectivity index (χ1n) is 5.16. The Morgan fingerprint density at radius 3 is 2.61 bits per heavy atom. The van der Waals surface area contributed by atoms with Crippen LogP contribution in [0.5, 0.6) is 11.5 Å². The second kappa shape index (κ2) is 5.42. The van der Waals surface area contributed by atoms with Crippen LogP contribution in [0.15, 0.2) is 29.6 Å². The maximum Gasteiger partial charge on any atom is 0.203 e. The SMILES string of the molecule is COc1csc(C(=O)c2ccc(Cl)c(OC)c2)c1. The van der Waals surface area contributed by atoms with Crippen LogP contribution in [0.4, 0.5) is 0 Å². The van der Waals surface area contributed by atoms with Crippen molar-refractivity contribution >= 4 is 28.7 Å². The molecule has 0 aliphatic rings. The van der Waals surface area contributed by atoms with Gasteiger partial charge in [0.25, 0.3) is 0 Å². The third-order valence-corrected chi connectivity index (χ3v) is 3.67. The Morgan fingerprint density at radius 1 is 1.22 bits per heavy atom. The topological polar surface area (TPSA) is 35.5 Å². The summed E-state index contributed by atoms with van der Waals surface area (Å²) >= 11 is 7.27. The summed E-state index contributed by atoms with van der Waals surface area (Å²) in [4.78, 5) is 12.8. The van der Waals surface area contributed by atoms with Crippen LogP contribution in [0.1, 0.15) is 15.2 Å². The molecule has 0 saturated heterocycles. The van der Waals surface area contributed by atoms with Crippen molar-refractivity contribution in [2.45, 2.75) is 0 Å². The molecule has 5 heteroatoms. The summed E-state index contributed by atoms with van der Waals surface area (Å²) in [6.07, 6.45) is 0. The fourth-order valence-corrected chi connectivity index (χ4v) is 2.50. The van der Waals surface area contributed by atoms with Gasteiger partial charge in [-0.25, -0.2) is 0 Å². The number of ether oxygens (including phenoxy) is 2. The third kappa shape index (κ3) is 2.49. The van der Waals surface area contributed by atoms with E-state index in [1.807, 2.05) is 0 Å². The van der Waals surface area contributed by atoms with E-state index in [2.05, 4.69) is 0 Å². The fraction of sp³-hybridized carbons (Fsp3) is 0.154. The number of ketones is 1. The van der Waals surface area contributed by atoms with Crippen molar-refractivity contribution in [3.05, 3.63) is 45.1 Å². The molecule has 2 rings (SSSR count). The largest absolute Gasteiger partial charge is 0.496 e. The average Bonchev–Trinajstić information content (AvgIpc) is 2.87. The molecule has 0 saturated carbocycles. The highest BCUT2D eigenvalue weighted by atomic mass is 35.5. The van der Waals surface area contributed by atoms with E-state index in [1.54, 1.807) is 36.8 Å². The van der Waals surface area contributed by atoms with E-state index in [0.717, 1.165) is 0 Å². The number of carbonyl (C=O) groups is 1. The van der Waals surface area contributed by atoms with Gasteiger partial charge < -0.3 is 9.47 Å². The first kappa shape index (κ1) is 12.9. The fourth-order valence-electron chi connectivity index (χ4n) is 1.49. The predicted octanol–water partition coefficient (Wildman–Crippen LogP) is 3.65. The summed E-state index contributed by atoms with van der Waals surface area (Å²) in [5.41, 5.74) is 0.542. The van der Waals surface area contributed by atoms with Crippen molar-refractivity contribution in [2.24, 2.45) is 0 Å². The third-order valence-electron chi connectivity index (χ3n) is 2.45. The van der Waals surface area contributed by atoms with Crippen LogP contribution >= 0.6 is 22.9 Å². The number of hydrogen-bond acceptors (Lipinski definition) is 4. The zero-order valence-electron chi connectivity index (χ0n) is 9.90. The van der Waals surface area contributed by atoms with E-state index < -0.39 is 0 Å². The van der Waals surface area contributed by atoms with Gasteiger partial charge >= 0.3 is 0 Å². The smallest absolute Gasteiger partial charge is 0.203 e. The summed E-state index contributed by atoms with van der Waals surface area (Å²) in [5.74, 6) is 1.11. The molecule has 1 aromatic carbocycles. The molecule has 0 amide bonds. The molecular weight excluding hydrogens is 272 g/mol. The van der Waals surface area contributed by atoms with Gasteiger partial charge in [-0.05, 0) is 18.2 Å². The predicted molar refractivity (Wildman–Crippen MR) is 72.3 cm³/mol. The van der Waals surface area contributed by atoms with E-state index in [0.29, 0.717) is 27.0 Å². The second-order valence-electron chi connectivity index (χ2n) is 3.53. The van der Waals surface area contributed by atoms with Gasteiger partial charge in [0.15, 0.2) is 0 Å². The van der Waals surface area contributed by atoms with Gasteiger partial charge in [-0.2, -0.15) is 0 Å². The number of halogens is 1. The number of benzene rings is 1. The van der Waals surface area contributed by atoms with Gasteiger partial charge in [-0.3, -0.25) is 4.79 Å².